The number of rotatable bonds is 7. The number of aromatic nitrogens is 2. The summed E-state index contributed by atoms with van der Waals surface area (Å²) in [5, 5.41) is 14.4. The van der Waals surface area contributed by atoms with Crippen molar-refractivity contribution in [2.24, 2.45) is 5.92 Å². The molecule has 1 aromatic carbocycles. The summed E-state index contributed by atoms with van der Waals surface area (Å²) < 4.78 is 5.31. The lowest BCUT2D eigenvalue weighted by Gasteiger charge is -2.35. The first-order valence-electron chi connectivity index (χ1n) is 9.09. The summed E-state index contributed by atoms with van der Waals surface area (Å²) in [5.41, 5.74) is 0.981. The van der Waals surface area contributed by atoms with Gasteiger partial charge in [-0.2, -0.15) is 4.98 Å². The molecule has 1 N–H and O–H groups in total. The van der Waals surface area contributed by atoms with E-state index in [1.165, 1.54) is 0 Å². The third-order valence-corrected chi connectivity index (χ3v) is 4.54. The Balaban J connectivity index is 1.43. The standard InChI is InChI=1S/C19H28N4O2/c1-15(2)12-19-20-18(21-25-19)14-23-10-8-22(9-11-23)13-17(24)16-6-4-3-5-7-16/h3-7,15,17,24H,8-14H2,1-2H3/t17-/m1/s1. The maximum atomic E-state index is 10.4. The monoisotopic (exact) mass is 344 g/mol. The van der Waals surface area contributed by atoms with E-state index >= 15 is 0 Å². The predicted molar refractivity (Wildman–Crippen MR) is 96.0 cm³/mol. The molecule has 0 radical (unpaired) electrons. The van der Waals surface area contributed by atoms with Crippen LogP contribution in [0.2, 0.25) is 0 Å². The van der Waals surface area contributed by atoms with Crippen LogP contribution < -0.4 is 0 Å². The largest absolute Gasteiger partial charge is 0.387 e. The fraction of sp³-hybridized carbons (Fsp3) is 0.579. The lowest BCUT2D eigenvalue weighted by Crippen LogP contribution is -2.47. The molecular formula is C19H28N4O2. The lowest BCUT2D eigenvalue weighted by molar-refractivity contribution is 0.0690. The fourth-order valence-corrected chi connectivity index (χ4v) is 3.14. The fourth-order valence-electron chi connectivity index (χ4n) is 3.14. The molecule has 136 valence electrons. The van der Waals surface area contributed by atoms with Crippen LogP contribution >= 0.6 is 0 Å². The molecule has 0 amide bonds. The Morgan fingerprint density at radius 2 is 1.76 bits per heavy atom. The Morgan fingerprint density at radius 3 is 2.44 bits per heavy atom. The highest BCUT2D eigenvalue weighted by Crippen LogP contribution is 2.15. The van der Waals surface area contributed by atoms with Crippen LogP contribution in [0.15, 0.2) is 34.9 Å². The van der Waals surface area contributed by atoms with Crippen molar-refractivity contribution < 1.29 is 9.63 Å². The molecule has 3 rings (SSSR count). The zero-order valence-electron chi connectivity index (χ0n) is 15.1. The highest BCUT2D eigenvalue weighted by molar-refractivity contribution is 5.17. The predicted octanol–water partition coefficient (Wildman–Crippen LogP) is 2.12. The summed E-state index contributed by atoms with van der Waals surface area (Å²) in [6.45, 7) is 9.50. The molecule has 0 unspecified atom stereocenters. The summed E-state index contributed by atoms with van der Waals surface area (Å²) in [7, 11) is 0. The van der Waals surface area contributed by atoms with Crippen LogP contribution in [0, 0.1) is 5.92 Å². The second kappa shape index (κ2) is 8.56. The molecule has 2 aromatic rings. The van der Waals surface area contributed by atoms with Gasteiger partial charge >= 0.3 is 0 Å². The van der Waals surface area contributed by atoms with Gasteiger partial charge in [-0.05, 0) is 11.5 Å². The summed E-state index contributed by atoms with van der Waals surface area (Å²) in [6.07, 6.45) is 0.404. The van der Waals surface area contributed by atoms with Gasteiger partial charge in [0.25, 0.3) is 0 Å². The smallest absolute Gasteiger partial charge is 0.226 e. The Labute approximate surface area is 149 Å². The number of β-amino-alcohol motifs (C(OH)–C–C–N with tert-alkyl or cyclic N) is 1. The SMILES string of the molecule is CC(C)Cc1nc(CN2CCN(C[C@@H](O)c3ccccc3)CC2)no1. The number of aliphatic hydroxyl groups excluding tert-OH is 1. The first-order valence-corrected chi connectivity index (χ1v) is 9.09. The van der Waals surface area contributed by atoms with E-state index in [2.05, 4.69) is 33.8 Å². The minimum atomic E-state index is -0.427. The van der Waals surface area contributed by atoms with E-state index in [0.717, 1.165) is 56.4 Å². The van der Waals surface area contributed by atoms with Gasteiger partial charge in [-0.3, -0.25) is 9.80 Å². The van der Waals surface area contributed by atoms with E-state index < -0.39 is 6.10 Å². The van der Waals surface area contributed by atoms with Crippen LogP contribution in [0.25, 0.3) is 0 Å². The van der Waals surface area contributed by atoms with Crippen molar-refractivity contribution in [1.29, 1.82) is 0 Å². The molecule has 0 aliphatic carbocycles. The van der Waals surface area contributed by atoms with Crippen molar-refractivity contribution in [1.82, 2.24) is 19.9 Å². The number of hydrogen-bond acceptors (Lipinski definition) is 6. The Hall–Kier alpha value is -1.76. The zero-order valence-corrected chi connectivity index (χ0v) is 15.1. The molecular weight excluding hydrogens is 316 g/mol. The molecule has 1 saturated heterocycles. The van der Waals surface area contributed by atoms with Crippen molar-refractivity contribution in [3.63, 3.8) is 0 Å². The van der Waals surface area contributed by atoms with Gasteiger partial charge < -0.3 is 9.63 Å². The molecule has 0 spiro atoms. The molecule has 25 heavy (non-hydrogen) atoms. The third kappa shape index (κ3) is 5.36. The minimum Gasteiger partial charge on any atom is -0.387 e. The van der Waals surface area contributed by atoms with E-state index in [9.17, 15) is 5.11 Å². The van der Waals surface area contributed by atoms with Gasteiger partial charge in [-0.1, -0.05) is 49.3 Å². The lowest BCUT2D eigenvalue weighted by atomic mass is 10.1. The highest BCUT2D eigenvalue weighted by Gasteiger charge is 2.21. The first-order chi connectivity index (χ1) is 12.1. The zero-order chi connectivity index (χ0) is 17.6. The van der Waals surface area contributed by atoms with Crippen molar-refractivity contribution >= 4 is 0 Å². The van der Waals surface area contributed by atoms with Crippen LogP contribution in [0.5, 0.6) is 0 Å². The topological polar surface area (TPSA) is 65.6 Å². The van der Waals surface area contributed by atoms with Crippen molar-refractivity contribution in [3.05, 3.63) is 47.6 Å². The second-order valence-corrected chi connectivity index (χ2v) is 7.21. The van der Waals surface area contributed by atoms with Gasteiger partial charge in [0.2, 0.25) is 5.89 Å². The van der Waals surface area contributed by atoms with E-state index in [4.69, 9.17) is 4.52 Å². The summed E-state index contributed by atoms with van der Waals surface area (Å²) in [4.78, 5) is 9.14. The van der Waals surface area contributed by atoms with Crippen LogP contribution in [0.3, 0.4) is 0 Å². The highest BCUT2D eigenvalue weighted by atomic mass is 16.5. The van der Waals surface area contributed by atoms with Crippen molar-refractivity contribution in [3.8, 4) is 0 Å². The van der Waals surface area contributed by atoms with Crippen LogP contribution in [-0.4, -0.2) is 57.8 Å². The van der Waals surface area contributed by atoms with E-state index in [1.807, 2.05) is 30.3 Å². The van der Waals surface area contributed by atoms with Crippen LogP contribution in [0.1, 0.15) is 37.2 Å². The van der Waals surface area contributed by atoms with Crippen LogP contribution in [0.4, 0.5) is 0 Å². The number of aliphatic hydroxyl groups is 1. The second-order valence-electron chi connectivity index (χ2n) is 7.21. The van der Waals surface area contributed by atoms with Crippen molar-refractivity contribution in [2.45, 2.75) is 32.9 Å². The van der Waals surface area contributed by atoms with E-state index in [1.54, 1.807) is 0 Å². The van der Waals surface area contributed by atoms with Gasteiger partial charge in [0.15, 0.2) is 5.82 Å². The Kier molecular flexibility index (Phi) is 6.18. The Morgan fingerprint density at radius 1 is 1.08 bits per heavy atom. The molecule has 1 aliphatic rings. The van der Waals surface area contributed by atoms with Crippen molar-refractivity contribution in [2.75, 3.05) is 32.7 Å². The van der Waals surface area contributed by atoms with Gasteiger partial charge in [0, 0.05) is 39.1 Å². The average molecular weight is 344 g/mol. The summed E-state index contributed by atoms with van der Waals surface area (Å²) >= 11 is 0. The Bertz CT molecular complexity index is 636. The van der Waals surface area contributed by atoms with Crippen LogP contribution in [-0.2, 0) is 13.0 Å². The first kappa shape index (κ1) is 18.0. The van der Waals surface area contributed by atoms with Gasteiger partial charge in [0.1, 0.15) is 0 Å². The molecule has 1 aliphatic heterocycles. The normalized spacial score (nSPS) is 17.9. The molecule has 6 nitrogen and oxygen atoms in total. The third-order valence-electron chi connectivity index (χ3n) is 4.54. The van der Waals surface area contributed by atoms with E-state index in [-0.39, 0.29) is 0 Å². The quantitative estimate of drug-likeness (QED) is 0.830. The van der Waals surface area contributed by atoms with Gasteiger partial charge in [-0.25, -0.2) is 0 Å². The van der Waals surface area contributed by atoms with E-state index in [0.29, 0.717) is 12.5 Å². The summed E-state index contributed by atoms with van der Waals surface area (Å²) in [6, 6.07) is 9.86. The molecule has 1 fully saturated rings. The molecule has 0 bridgehead atoms. The number of nitrogens with zero attached hydrogens (tertiary/aromatic N) is 4. The number of benzene rings is 1. The summed E-state index contributed by atoms with van der Waals surface area (Å²) in [5.74, 6) is 2.02. The molecule has 1 aromatic heterocycles. The minimum absolute atomic E-state index is 0.427. The van der Waals surface area contributed by atoms with Gasteiger partial charge in [0.05, 0.1) is 12.6 Å². The maximum Gasteiger partial charge on any atom is 0.226 e. The number of hydrogen-bond donors (Lipinski definition) is 1. The molecule has 1 atom stereocenters. The maximum absolute atomic E-state index is 10.4. The average Bonchev–Trinajstić information content (AvgIpc) is 3.03. The van der Waals surface area contributed by atoms with Gasteiger partial charge in [-0.15, -0.1) is 0 Å². The molecule has 2 heterocycles. The molecule has 0 saturated carbocycles. The molecule has 6 heteroatoms. The number of piperazine rings is 1.